The van der Waals surface area contributed by atoms with Crippen LogP contribution < -0.4 is 5.32 Å². The molecule has 0 amide bonds. The van der Waals surface area contributed by atoms with E-state index in [2.05, 4.69) is 18.8 Å². The van der Waals surface area contributed by atoms with E-state index in [0.717, 1.165) is 43.9 Å². The van der Waals surface area contributed by atoms with Gasteiger partial charge in [0.1, 0.15) is 5.76 Å². The normalized spacial score (nSPS) is 10.6. The summed E-state index contributed by atoms with van der Waals surface area (Å²) in [5, 5.41) is 3.24. The third-order valence-electron chi connectivity index (χ3n) is 2.33. The molecule has 0 aliphatic carbocycles. The Balaban J connectivity index is 2.24. The van der Waals surface area contributed by atoms with Crippen LogP contribution in [0, 0.1) is 0 Å². The van der Waals surface area contributed by atoms with Crippen LogP contribution in [0.3, 0.4) is 0 Å². The molecule has 3 nitrogen and oxygen atoms in total. The summed E-state index contributed by atoms with van der Waals surface area (Å²) in [7, 11) is 0. The Labute approximate surface area is 97.5 Å². The predicted octanol–water partition coefficient (Wildman–Crippen LogP) is 2.87. The minimum atomic E-state index is 0.633. The molecule has 0 aromatic carbocycles. The van der Waals surface area contributed by atoms with E-state index in [1.165, 1.54) is 0 Å². The lowest BCUT2D eigenvalue weighted by Crippen LogP contribution is -2.12. The fraction of sp³-hybridized carbons (Fsp3) is 0.538. The Hall–Kier alpha value is -1.06. The van der Waals surface area contributed by atoms with Crippen molar-refractivity contribution in [1.82, 2.24) is 5.32 Å². The zero-order valence-corrected chi connectivity index (χ0v) is 10.00. The molecule has 1 aromatic rings. The van der Waals surface area contributed by atoms with Crippen LogP contribution in [0.5, 0.6) is 0 Å². The summed E-state index contributed by atoms with van der Waals surface area (Å²) < 4.78 is 11.0. The van der Waals surface area contributed by atoms with Gasteiger partial charge in [-0.2, -0.15) is 0 Å². The van der Waals surface area contributed by atoms with Crippen molar-refractivity contribution in [1.29, 1.82) is 0 Å². The first-order valence-corrected chi connectivity index (χ1v) is 5.83. The summed E-state index contributed by atoms with van der Waals surface area (Å²) in [5.74, 6) is 0.977. The average molecular weight is 223 g/mol. The van der Waals surface area contributed by atoms with Gasteiger partial charge in [0.05, 0.1) is 19.4 Å². The van der Waals surface area contributed by atoms with E-state index in [-0.39, 0.29) is 0 Å². The molecular formula is C13H21NO2. The fourth-order valence-electron chi connectivity index (χ4n) is 1.40. The molecule has 1 N–H and O–H groups in total. The van der Waals surface area contributed by atoms with Gasteiger partial charge < -0.3 is 14.5 Å². The lowest BCUT2D eigenvalue weighted by atomic mass is 10.2. The smallest absolute Gasteiger partial charge is 0.123 e. The van der Waals surface area contributed by atoms with Gasteiger partial charge in [-0.3, -0.25) is 0 Å². The van der Waals surface area contributed by atoms with Gasteiger partial charge in [0.15, 0.2) is 0 Å². The lowest BCUT2D eigenvalue weighted by molar-refractivity contribution is 0.118. The molecule has 0 radical (unpaired) electrons. The van der Waals surface area contributed by atoms with Crippen molar-refractivity contribution in [3.63, 3.8) is 0 Å². The number of furan rings is 1. The van der Waals surface area contributed by atoms with Crippen molar-refractivity contribution in [3.8, 4) is 0 Å². The van der Waals surface area contributed by atoms with E-state index in [1.54, 1.807) is 6.26 Å². The lowest BCUT2D eigenvalue weighted by Gasteiger charge is -2.04. The molecule has 1 rings (SSSR count). The number of nitrogens with one attached hydrogen (secondary N) is 1. The highest BCUT2D eigenvalue weighted by atomic mass is 16.5. The Morgan fingerprint density at radius 3 is 3.19 bits per heavy atom. The van der Waals surface area contributed by atoms with Crippen LogP contribution in [0.4, 0.5) is 0 Å². The second kappa shape index (κ2) is 8.13. The van der Waals surface area contributed by atoms with Crippen LogP contribution in [-0.4, -0.2) is 13.2 Å². The maximum Gasteiger partial charge on any atom is 0.123 e. The zero-order chi connectivity index (χ0) is 11.6. The third kappa shape index (κ3) is 4.64. The number of rotatable bonds is 9. The van der Waals surface area contributed by atoms with Gasteiger partial charge in [-0.15, -0.1) is 6.58 Å². The van der Waals surface area contributed by atoms with E-state index in [9.17, 15) is 0 Å². The van der Waals surface area contributed by atoms with Crippen LogP contribution in [0.15, 0.2) is 29.4 Å². The van der Waals surface area contributed by atoms with E-state index < -0.39 is 0 Å². The van der Waals surface area contributed by atoms with Crippen molar-refractivity contribution in [3.05, 3.63) is 36.3 Å². The van der Waals surface area contributed by atoms with Crippen LogP contribution in [0.1, 0.15) is 31.1 Å². The van der Waals surface area contributed by atoms with Crippen molar-refractivity contribution < 1.29 is 9.15 Å². The molecule has 16 heavy (non-hydrogen) atoms. The first-order chi connectivity index (χ1) is 7.88. The van der Waals surface area contributed by atoms with Crippen LogP contribution in [-0.2, 0) is 17.9 Å². The summed E-state index contributed by atoms with van der Waals surface area (Å²) in [6.45, 7) is 8.88. The molecule has 1 heterocycles. The Bertz CT molecular complexity index is 294. The topological polar surface area (TPSA) is 34.4 Å². The summed E-state index contributed by atoms with van der Waals surface area (Å²) in [6.07, 6.45) is 5.67. The first kappa shape index (κ1) is 13.0. The van der Waals surface area contributed by atoms with Crippen LogP contribution >= 0.6 is 0 Å². The van der Waals surface area contributed by atoms with Gasteiger partial charge in [0.2, 0.25) is 0 Å². The monoisotopic (exact) mass is 223 g/mol. The number of unbranched alkanes of at least 4 members (excludes halogenated alkanes) is 1. The average Bonchev–Trinajstić information content (AvgIpc) is 2.74. The SMILES string of the molecule is C=CCCCOCc1ccoc1CNCC. The molecule has 0 unspecified atom stereocenters. The number of ether oxygens (including phenoxy) is 1. The van der Waals surface area contributed by atoms with Gasteiger partial charge in [-0.1, -0.05) is 13.0 Å². The standard InChI is InChI=1S/C13H21NO2/c1-3-5-6-8-15-11-12-7-9-16-13(12)10-14-4-2/h3,7,9,14H,1,4-6,8,10-11H2,2H3. The second-order valence-corrected chi connectivity index (χ2v) is 3.63. The second-order valence-electron chi connectivity index (χ2n) is 3.63. The van der Waals surface area contributed by atoms with Crippen molar-refractivity contribution in [2.75, 3.05) is 13.2 Å². The molecule has 0 fully saturated rings. The number of allylic oxidation sites excluding steroid dienone is 1. The minimum Gasteiger partial charge on any atom is -0.468 e. The summed E-state index contributed by atoms with van der Waals surface area (Å²) in [4.78, 5) is 0. The third-order valence-corrected chi connectivity index (χ3v) is 2.33. The summed E-state index contributed by atoms with van der Waals surface area (Å²) in [5.41, 5.74) is 1.14. The molecule has 3 heteroatoms. The first-order valence-electron chi connectivity index (χ1n) is 5.83. The molecule has 0 aliphatic heterocycles. The molecular weight excluding hydrogens is 202 g/mol. The summed E-state index contributed by atoms with van der Waals surface area (Å²) >= 11 is 0. The predicted molar refractivity (Wildman–Crippen MR) is 65.2 cm³/mol. The highest BCUT2D eigenvalue weighted by Gasteiger charge is 2.05. The van der Waals surface area contributed by atoms with Crippen LogP contribution in [0.2, 0.25) is 0 Å². The Morgan fingerprint density at radius 1 is 1.56 bits per heavy atom. The van der Waals surface area contributed by atoms with Gasteiger partial charge in [0.25, 0.3) is 0 Å². The largest absolute Gasteiger partial charge is 0.468 e. The maximum absolute atomic E-state index is 5.57. The number of hydrogen-bond acceptors (Lipinski definition) is 3. The van der Waals surface area contributed by atoms with Gasteiger partial charge in [0, 0.05) is 12.2 Å². The molecule has 0 saturated carbocycles. The van der Waals surface area contributed by atoms with E-state index in [4.69, 9.17) is 9.15 Å². The van der Waals surface area contributed by atoms with Crippen molar-refractivity contribution in [2.45, 2.75) is 32.9 Å². The van der Waals surface area contributed by atoms with Gasteiger partial charge in [-0.05, 0) is 25.5 Å². The Morgan fingerprint density at radius 2 is 2.44 bits per heavy atom. The highest BCUT2D eigenvalue weighted by Crippen LogP contribution is 2.11. The molecule has 90 valence electrons. The molecule has 0 atom stereocenters. The molecule has 0 bridgehead atoms. The van der Waals surface area contributed by atoms with Crippen molar-refractivity contribution in [2.24, 2.45) is 0 Å². The van der Waals surface area contributed by atoms with E-state index in [1.807, 2.05) is 12.1 Å². The number of hydrogen-bond donors (Lipinski definition) is 1. The molecule has 1 aromatic heterocycles. The van der Waals surface area contributed by atoms with E-state index in [0.29, 0.717) is 6.61 Å². The van der Waals surface area contributed by atoms with E-state index >= 15 is 0 Å². The van der Waals surface area contributed by atoms with Crippen LogP contribution in [0.25, 0.3) is 0 Å². The zero-order valence-electron chi connectivity index (χ0n) is 10.00. The van der Waals surface area contributed by atoms with Crippen molar-refractivity contribution >= 4 is 0 Å². The molecule has 0 saturated heterocycles. The molecule has 0 spiro atoms. The quantitative estimate of drug-likeness (QED) is 0.516. The van der Waals surface area contributed by atoms with Gasteiger partial charge >= 0.3 is 0 Å². The molecule has 0 aliphatic rings. The van der Waals surface area contributed by atoms with Gasteiger partial charge in [-0.25, -0.2) is 0 Å². The minimum absolute atomic E-state index is 0.633. The highest BCUT2D eigenvalue weighted by molar-refractivity contribution is 5.15. The summed E-state index contributed by atoms with van der Waals surface area (Å²) in [6, 6.07) is 1.97. The fourth-order valence-corrected chi connectivity index (χ4v) is 1.40. The Kier molecular flexibility index (Phi) is 6.61. The maximum atomic E-state index is 5.57.